The largest absolute Gasteiger partial charge is 0.369 e. The second-order valence-electron chi connectivity index (χ2n) is 3.58. The quantitative estimate of drug-likeness (QED) is 0.851. The minimum absolute atomic E-state index is 0.0752. The van der Waals surface area contributed by atoms with Gasteiger partial charge in [0, 0.05) is 11.1 Å². The van der Waals surface area contributed by atoms with Crippen LogP contribution in [0.3, 0.4) is 0 Å². The predicted molar refractivity (Wildman–Crippen MR) is 61.7 cm³/mol. The number of rotatable bonds is 4. The molecule has 1 amide bonds. The lowest BCUT2D eigenvalue weighted by Gasteiger charge is -2.24. The summed E-state index contributed by atoms with van der Waals surface area (Å²) in [5.74, 6) is -0.337. The summed E-state index contributed by atoms with van der Waals surface area (Å²) in [5, 5.41) is 0.710. The Morgan fingerprint density at radius 1 is 1.53 bits per heavy atom. The van der Waals surface area contributed by atoms with Crippen molar-refractivity contribution < 1.29 is 4.79 Å². The number of halogens is 1. The topological polar surface area (TPSA) is 46.3 Å². The van der Waals surface area contributed by atoms with E-state index in [0.29, 0.717) is 5.02 Å². The number of hydrogen-bond acceptors (Lipinski definition) is 2. The fourth-order valence-electron chi connectivity index (χ4n) is 1.43. The molecular formula is C11H15ClN2O. The summed E-state index contributed by atoms with van der Waals surface area (Å²) in [6.07, 6.45) is 0. The molecule has 1 aromatic rings. The molecule has 2 N–H and O–H groups in total. The first-order chi connectivity index (χ1) is 7.02. The standard InChI is InChI=1S/C11H15ClN2O/c1-8(14(2)7-11(13)15)9-5-3-4-6-10(9)12/h3-6,8H,7H2,1-2H3,(H2,13,15). The van der Waals surface area contributed by atoms with Gasteiger partial charge in [-0.15, -0.1) is 0 Å². The first-order valence-electron chi connectivity index (χ1n) is 4.75. The fraction of sp³-hybridized carbons (Fsp3) is 0.364. The number of nitrogens with two attached hydrogens (primary N) is 1. The highest BCUT2D eigenvalue weighted by molar-refractivity contribution is 6.31. The predicted octanol–water partition coefficient (Wildman–Crippen LogP) is 1.82. The molecule has 3 nitrogen and oxygen atoms in total. The normalized spacial score (nSPS) is 12.8. The van der Waals surface area contributed by atoms with E-state index < -0.39 is 0 Å². The Labute approximate surface area is 94.8 Å². The maximum absolute atomic E-state index is 10.8. The lowest BCUT2D eigenvalue weighted by Crippen LogP contribution is -2.32. The Morgan fingerprint density at radius 3 is 2.67 bits per heavy atom. The Bertz CT molecular complexity index is 354. The SMILES string of the molecule is CC(c1ccccc1Cl)N(C)CC(N)=O. The highest BCUT2D eigenvalue weighted by atomic mass is 35.5. The highest BCUT2D eigenvalue weighted by Crippen LogP contribution is 2.25. The second kappa shape index (κ2) is 5.14. The van der Waals surface area contributed by atoms with Crippen LogP contribution in [0, 0.1) is 0 Å². The van der Waals surface area contributed by atoms with Crippen molar-refractivity contribution in [3.05, 3.63) is 34.9 Å². The van der Waals surface area contributed by atoms with E-state index in [2.05, 4.69) is 0 Å². The van der Waals surface area contributed by atoms with E-state index in [9.17, 15) is 4.79 Å². The number of amides is 1. The van der Waals surface area contributed by atoms with E-state index in [1.807, 2.05) is 43.1 Å². The van der Waals surface area contributed by atoms with Crippen LogP contribution in [-0.4, -0.2) is 24.4 Å². The van der Waals surface area contributed by atoms with Gasteiger partial charge in [0.2, 0.25) is 5.91 Å². The number of primary amides is 1. The summed E-state index contributed by atoms with van der Waals surface area (Å²) in [4.78, 5) is 12.6. The zero-order valence-electron chi connectivity index (χ0n) is 8.90. The molecule has 0 aliphatic heterocycles. The van der Waals surface area contributed by atoms with Gasteiger partial charge in [0.15, 0.2) is 0 Å². The smallest absolute Gasteiger partial charge is 0.231 e. The van der Waals surface area contributed by atoms with E-state index >= 15 is 0 Å². The zero-order valence-corrected chi connectivity index (χ0v) is 9.66. The van der Waals surface area contributed by atoms with Crippen molar-refractivity contribution in [2.45, 2.75) is 13.0 Å². The van der Waals surface area contributed by atoms with Crippen LogP contribution in [0.1, 0.15) is 18.5 Å². The molecule has 0 aromatic heterocycles. The van der Waals surface area contributed by atoms with Gasteiger partial charge in [-0.25, -0.2) is 0 Å². The molecule has 1 rings (SSSR count). The van der Waals surface area contributed by atoms with Gasteiger partial charge >= 0.3 is 0 Å². The number of likely N-dealkylation sites (N-methyl/N-ethyl adjacent to an activating group) is 1. The molecule has 0 spiro atoms. The molecule has 0 saturated carbocycles. The van der Waals surface area contributed by atoms with Crippen molar-refractivity contribution in [2.75, 3.05) is 13.6 Å². The Kier molecular flexibility index (Phi) is 4.12. The zero-order chi connectivity index (χ0) is 11.4. The van der Waals surface area contributed by atoms with Crippen molar-refractivity contribution in [2.24, 2.45) is 5.73 Å². The first kappa shape index (κ1) is 12.0. The number of carbonyl (C=O) groups excluding carboxylic acids is 1. The molecule has 0 aliphatic carbocycles. The van der Waals surface area contributed by atoms with Crippen LogP contribution >= 0.6 is 11.6 Å². The molecule has 0 radical (unpaired) electrons. The third-order valence-corrected chi connectivity index (χ3v) is 2.77. The summed E-state index contributed by atoms with van der Waals surface area (Å²) >= 11 is 6.06. The maximum Gasteiger partial charge on any atom is 0.231 e. The molecule has 82 valence electrons. The van der Waals surface area contributed by atoms with Gasteiger partial charge in [-0.2, -0.15) is 0 Å². The van der Waals surface area contributed by atoms with Gasteiger partial charge in [-0.3, -0.25) is 9.69 Å². The van der Waals surface area contributed by atoms with Gasteiger partial charge in [0.25, 0.3) is 0 Å². The number of hydrogen-bond donors (Lipinski definition) is 1. The van der Waals surface area contributed by atoms with Gasteiger partial charge in [0.1, 0.15) is 0 Å². The fourth-order valence-corrected chi connectivity index (χ4v) is 1.73. The molecule has 0 heterocycles. The summed E-state index contributed by atoms with van der Waals surface area (Å²) in [5.41, 5.74) is 6.14. The summed E-state index contributed by atoms with van der Waals surface area (Å²) < 4.78 is 0. The van der Waals surface area contributed by atoms with Crippen LogP contribution in [0.25, 0.3) is 0 Å². The number of benzene rings is 1. The Morgan fingerprint density at radius 2 is 2.13 bits per heavy atom. The molecule has 0 bridgehead atoms. The van der Waals surface area contributed by atoms with Crippen molar-refractivity contribution in [3.8, 4) is 0 Å². The summed E-state index contributed by atoms with van der Waals surface area (Å²) in [7, 11) is 1.85. The molecular weight excluding hydrogens is 212 g/mol. The molecule has 0 fully saturated rings. The Hall–Kier alpha value is -1.06. The lowest BCUT2D eigenvalue weighted by atomic mass is 10.1. The van der Waals surface area contributed by atoms with E-state index in [0.717, 1.165) is 5.56 Å². The van der Waals surface area contributed by atoms with Gasteiger partial charge < -0.3 is 5.73 Å². The summed E-state index contributed by atoms with van der Waals surface area (Å²) in [6.45, 7) is 2.22. The van der Waals surface area contributed by atoms with E-state index in [4.69, 9.17) is 17.3 Å². The molecule has 1 aromatic carbocycles. The monoisotopic (exact) mass is 226 g/mol. The molecule has 15 heavy (non-hydrogen) atoms. The highest BCUT2D eigenvalue weighted by Gasteiger charge is 2.15. The molecule has 1 unspecified atom stereocenters. The number of carbonyl (C=O) groups is 1. The third-order valence-electron chi connectivity index (χ3n) is 2.42. The van der Waals surface area contributed by atoms with Crippen molar-refractivity contribution >= 4 is 17.5 Å². The molecule has 0 saturated heterocycles. The molecule has 1 atom stereocenters. The van der Waals surface area contributed by atoms with Crippen LogP contribution in [0.15, 0.2) is 24.3 Å². The van der Waals surface area contributed by atoms with Crippen molar-refractivity contribution in [1.82, 2.24) is 4.90 Å². The Balaban J connectivity index is 2.80. The minimum Gasteiger partial charge on any atom is -0.369 e. The van der Waals surface area contributed by atoms with Crippen LogP contribution in [0.4, 0.5) is 0 Å². The van der Waals surface area contributed by atoms with Gasteiger partial charge in [-0.05, 0) is 25.6 Å². The third kappa shape index (κ3) is 3.22. The average Bonchev–Trinajstić information content (AvgIpc) is 2.16. The van der Waals surface area contributed by atoms with Crippen LogP contribution in [-0.2, 0) is 4.79 Å². The minimum atomic E-state index is -0.337. The van der Waals surface area contributed by atoms with Crippen molar-refractivity contribution in [3.63, 3.8) is 0 Å². The van der Waals surface area contributed by atoms with E-state index in [1.165, 1.54) is 0 Å². The van der Waals surface area contributed by atoms with Crippen LogP contribution in [0.2, 0.25) is 5.02 Å². The lowest BCUT2D eigenvalue weighted by molar-refractivity contribution is -0.119. The number of nitrogens with zero attached hydrogens (tertiary/aromatic N) is 1. The van der Waals surface area contributed by atoms with Crippen LogP contribution < -0.4 is 5.73 Å². The van der Waals surface area contributed by atoms with E-state index in [-0.39, 0.29) is 18.5 Å². The maximum atomic E-state index is 10.8. The van der Waals surface area contributed by atoms with Gasteiger partial charge in [-0.1, -0.05) is 29.8 Å². The van der Waals surface area contributed by atoms with Crippen LogP contribution in [0.5, 0.6) is 0 Å². The molecule has 0 aliphatic rings. The van der Waals surface area contributed by atoms with Gasteiger partial charge in [0.05, 0.1) is 6.54 Å². The summed E-state index contributed by atoms with van der Waals surface area (Å²) in [6, 6.07) is 7.67. The van der Waals surface area contributed by atoms with Crippen molar-refractivity contribution in [1.29, 1.82) is 0 Å². The average molecular weight is 227 g/mol. The van der Waals surface area contributed by atoms with E-state index in [1.54, 1.807) is 0 Å². The second-order valence-corrected chi connectivity index (χ2v) is 3.99. The first-order valence-corrected chi connectivity index (χ1v) is 5.13. The molecule has 4 heteroatoms.